The smallest absolute Gasteiger partial charge is 0.218 e. The van der Waals surface area contributed by atoms with E-state index in [1.165, 1.54) is 6.20 Å². The molecule has 3 aromatic heterocycles. The fraction of sp³-hybridized carbons (Fsp3) is 0.231. The van der Waals surface area contributed by atoms with E-state index in [0.29, 0.717) is 22.2 Å². The van der Waals surface area contributed by atoms with Gasteiger partial charge in [0.2, 0.25) is 5.88 Å². The molecule has 0 fully saturated rings. The van der Waals surface area contributed by atoms with E-state index in [-0.39, 0.29) is 6.04 Å². The van der Waals surface area contributed by atoms with E-state index >= 15 is 0 Å². The van der Waals surface area contributed by atoms with Crippen molar-refractivity contribution < 1.29 is 4.74 Å². The number of nitrogens with zero attached hydrogens (tertiary/aromatic N) is 5. The molecule has 0 saturated carbocycles. The molecule has 0 radical (unpaired) electrons. The number of pyridine rings is 1. The molecule has 102 valence electrons. The summed E-state index contributed by atoms with van der Waals surface area (Å²) >= 11 is 5.91. The zero-order valence-electron chi connectivity index (χ0n) is 11.0. The second-order valence-corrected chi connectivity index (χ2v) is 4.66. The van der Waals surface area contributed by atoms with Crippen LogP contribution < -0.4 is 4.74 Å². The zero-order valence-corrected chi connectivity index (χ0v) is 11.7. The van der Waals surface area contributed by atoms with Crippen LogP contribution >= 0.6 is 11.6 Å². The van der Waals surface area contributed by atoms with Crippen molar-refractivity contribution >= 4 is 22.8 Å². The number of hydrogen-bond acceptors (Lipinski definition) is 5. The van der Waals surface area contributed by atoms with Gasteiger partial charge in [0, 0.05) is 11.8 Å². The van der Waals surface area contributed by atoms with Gasteiger partial charge in [-0.25, -0.2) is 19.6 Å². The van der Waals surface area contributed by atoms with Crippen molar-refractivity contribution in [1.29, 1.82) is 0 Å². The Bertz CT molecular complexity index is 757. The van der Waals surface area contributed by atoms with Gasteiger partial charge in [-0.2, -0.15) is 5.10 Å². The van der Waals surface area contributed by atoms with Crippen LogP contribution in [0, 0.1) is 0 Å². The van der Waals surface area contributed by atoms with Crippen molar-refractivity contribution in [3.05, 3.63) is 41.4 Å². The molecule has 0 saturated heterocycles. The molecule has 0 amide bonds. The molecule has 0 aromatic carbocycles. The molecule has 0 bridgehead atoms. The van der Waals surface area contributed by atoms with Gasteiger partial charge < -0.3 is 4.74 Å². The number of aromatic nitrogens is 5. The second kappa shape index (κ2) is 5.05. The second-order valence-electron chi connectivity index (χ2n) is 4.27. The summed E-state index contributed by atoms with van der Waals surface area (Å²) in [6, 6.07) is 3.71. The van der Waals surface area contributed by atoms with Crippen molar-refractivity contribution in [2.45, 2.75) is 13.0 Å². The summed E-state index contributed by atoms with van der Waals surface area (Å²) in [6.07, 6.45) is 4.86. The van der Waals surface area contributed by atoms with Crippen LogP contribution in [0.4, 0.5) is 0 Å². The van der Waals surface area contributed by atoms with Gasteiger partial charge in [0.1, 0.15) is 10.7 Å². The third-order valence-corrected chi connectivity index (χ3v) is 3.27. The Balaban J connectivity index is 2.12. The Kier molecular flexibility index (Phi) is 3.23. The Labute approximate surface area is 120 Å². The Morgan fingerprint density at radius 2 is 2.15 bits per heavy atom. The number of methoxy groups -OCH3 is 1. The van der Waals surface area contributed by atoms with Crippen molar-refractivity contribution in [1.82, 2.24) is 24.7 Å². The molecule has 7 heteroatoms. The average Bonchev–Trinajstić information content (AvgIpc) is 2.89. The third kappa shape index (κ3) is 2.08. The van der Waals surface area contributed by atoms with Crippen LogP contribution in [-0.4, -0.2) is 31.8 Å². The van der Waals surface area contributed by atoms with E-state index in [2.05, 4.69) is 20.1 Å². The summed E-state index contributed by atoms with van der Waals surface area (Å²) in [7, 11) is 1.59. The zero-order chi connectivity index (χ0) is 14.1. The van der Waals surface area contributed by atoms with Crippen LogP contribution in [0.5, 0.6) is 5.88 Å². The van der Waals surface area contributed by atoms with Gasteiger partial charge in [-0.05, 0) is 19.1 Å². The monoisotopic (exact) mass is 289 g/mol. The van der Waals surface area contributed by atoms with Gasteiger partial charge in [-0.3, -0.25) is 0 Å². The lowest BCUT2D eigenvalue weighted by Gasteiger charge is -2.15. The van der Waals surface area contributed by atoms with E-state index in [1.54, 1.807) is 24.2 Å². The SMILES string of the molecule is COc1ncccc1C(C)n1ncc2ncc(Cl)nc21. The quantitative estimate of drug-likeness (QED) is 0.741. The first-order valence-corrected chi connectivity index (χ1v) is 6.43. The molecule has 0 aliphatic heterocycles. The van der Waals surface area contributed by atoms with Crippen LogP contribution in [0.3, 0.4) is 0 Å². The molecular formula is C13H12ClN5O. The van der Waals surface area contributed by atoms with E-state index < -0.39 is 0 Å². The minimum atomic E-state index is -0.0936. The molecule has 3 rings (SSSR count). The Hall–Kier alpha value is -2.21. The average molecular weight is 290 g/mol. The summed E-state index contributed by atoms with van der Waals surface area (Å²) in [6.45, 7) is 1.99. The van der Waals surface area contributed by atoms with Crippen molar-refractivity contribution in [2.75, 3.05) is 7.11 Å². The predicted molar refractivity (Wildman–Crippen MR) is 74.9 cm³/mol. The van der Waals surface area contributed by atoms with Gasteiger partial charge in [0.05, 0.1) is 25.5 Å². The van der Waals surface area contributed by atoms with E-state index in [1.807, 2.05) is 19.1 Å². The van der Waals surface area contributed by atoms with Crippen LogP contribution in [0.2, 0.25) is 5.15 Å². The van der Waals surface area contributed by atoms with Crippen LogP contribution in [0.25, 0.3) is 11.2 Å². The van der Waals surface area contributed by atoms with Crippen molar-refractivity contribution in [2.24, 2.45) is 0 Å². The summed E-state index contributed by atoms with van der Waals surface area (Å²) < 4.78 is 7.04. The van der Waals surface area contributed by atoms with E-state index in [0.717, 1.165) is 5.56 Å². The molecule has 6 nitrogen and oxygen atoms in total. The summed E-state index contributed by atoms with van der Waals surface area (Å²) in [4.78, 5) is 12.7. The maximum atomic E-state index is 5.91. The van der Waals surface area contributed by atoms with Crippen LogP contribution in [0.1, 0.15) is 18.5 Å². The first-order valence-electron chi connectivity index (χ1n) is 6.05. The molecular weight excluding hydrogens is 278 g/mol. The highest BCUT2D eigenvalue weighted by atomic mass is 35.5. The molecule has 3 aromatic rings. The molecule has 3 heterocycles. The molecule has 1 unspecified atom stereocenters. The van der Waals surface area contributed by atoms with E-state index in [9.17, 15) is 0 Å². The maximum absolute atomic E-state index is 5.91. The fourth-order valence-corrected chi connectivity index (χ4v) is 2.23. The van der Waals surface area contributed by atoms with Crippen LogP contribution in [0.15, 0.2) is 30.7 Å². The Morgan fingerprint density at radius 3 is 2.95 bits per heavy atom. The predicted octanol–water partition coefficient (Wildman–Crippen LogP) is 2.49. The van der Waals surface area contributed by atoms with Crippen molar-refractivity contribution in [3.8, 4) is 5.88 Å². The van der Waals surface area contributed by atoms with Gasteiger partial charge in [0.15, 0.2) is 5.65 Å². The summed E-state index contributed by atoms with van der Waals surface area (Å²) in [5.74, 6) is 0.568. The minimum Gasteiger partial charge on any atom is -0.481 e. The molecule has 20 heavy (non-hydrogen) atoms. The van der Waals surface area contributed by atoms with Gasteiger partial charge in [-0.15, -0.1) is 0 Å². The molecule has 0 aliphatic carbocycles. The Morgan fingerprint density at radius 1 is 1.30 bits per heavy atom. The molecule has 1 atom stereocenters. The molecule has 0 spiro atoms. The lowest BCUT2D eigenvalue weighted by molar-refractivity contribution is 0.384. The topological polar surface area (TPSA) is 65.7 Å². The summed E-state index contributed by atoms with van der Waals surface area (Å²) in [5, 5.41) is 4.68. The number of rotatable bonds is 3. The normalized spacial score (nSPS) is 12.6. The van der Waals surface area contributed by atoms with Gasteiger partial charge in [0.25, 0.3) is 0 Å². The van der Waals surface area contributed by atoms with Crippen molar-refractivity contribution in [3.63, 3.8) is 0 Å². The largest absolute Gasteiger partial charge is 0.481 e. The lowest BCUT2D eigenvalue weighted by Crippen LogP contribution is -2.11. The molecule has 0 N–H and O–H groups in total. The summed E-state index contributed by atoms with van der Waals surface area (Å²) in [5.41, 5.74) is 2.25. The highest BCUT2D eigenvalue weighted by Crippen LogP contribution is 2.27. The number of ether oxygens (including phenoxy) is 1. The standard InChI is InChI=1S/C13H12ClN5O/c1-8(9-4-3-5-15-13(9)20-2)19-12-10(6-17-19)16-7-11(14)18-12/h3-8H,1-2H3. The van der Waals surface area contributed by atoms with Gasteiger partial charge in [-0.1, -0.05) is 11.6 Å². The number of hydrogen-bond donors (Lipinski definition) is 0. The lowest BCUT2D eigenvalue weighted by atomic mass is 10.1. The third-order valence-electron chi connectivity index (χ3n) is 3.08. The minimum absolute atomic E-state index is 0.0936. The highest BCUT2D eigenvalue weighted by molar-refractivity contribution is 6.29. The number of fused-ring (bicyclic) bond motifs is 1. The van der Waals surface area contributed by atoms with Crippen LogP contribution in [-0.2, 0) is 0 Å². The molecule has 0 aliphatic rings. The highest BCUT2D eigenvalue weighted by Gasteiger charge is 2.18. The fourth-order valence-electron chi connectivity index (χ4n) is 2.11. The number of halogens is 1. The van der Waals surface area contributed by atoms with Gasteiger partial charge >= 0.3 is 0 Å². The first kappa shape index (κ1) is 12.8. The maximum Gasteiger partial charge on any atom is 0.218 e. The van der Waals surface area contributed by atoms with E-state index in [4.69, 9.17) is 16.3 Å². The first-order chi connectivity index (χ1) is 9.70.